The van der Waals surface area contributed by atoms with Crippen molar-refractivity contribution < 1.29 is 24.9 Å². The molecule has 1 saturated heterocycles. The summed E-state index contributed by atoms with van der Waals surface area (Å²) in [4.78, 5) is 37.3. The topological polar surface area (TPSA) is 91.3 Å². The van der Waals surface area contributed by atoms with Crippen LogP contribution in [0.3, 0.4) is 0 Å². The maximum absolute atomic E-state index is 12.4. The molecule has 1 heterocycles. The van der Waals surface area contributed by atoms with Gasteiger partial charge in [0.25, 0.3) is 0 Å². The summed E-state index contributed by atoms with van der Waals surface area (Å²) in [5, 5.41) is -0.0560. The molecule has 6 nitrogen and oxygen atoms in total. The Balaban J connectivity index is 2.00. The van der Waals surface area contributed by atoms with Crippen molar-refractivity contribution in [2.75, 3.05) is 17.3 Å². The Morgan fingerprint density at radius 3 is 2.91 bits per heavy atom. The van der Waals surface area contributed by atoms with Crippen LogP contribution in [0, 0.1) is 0 Å². The van der Waals surface area contributed by atoms with Crippen LogP contribution in [0.1, 0.15) is 13.3 Å². The van der Waals surface area contributed by atoms with Gasteiger partial charge in [0.2, 0.25) is 11.8 Å². The minimum atomic E-state index is -0.567. The van der Waals surface area contributed by atoms with E-state index in [1.165, 1.54) is 11.8 Å². The second-order valence-electron chi connectivity index (χ2n) is 5.02. The number of esters is 1. The normalized spacial score (nSPS) is 19.1. The molecule has 1 aliphatic rings. The molecule has 0 spiro atoms. The standard InChI is InChI=1S/C15H17ClN2O4S/c1-2-22-15(21)11(17)8-23-12-7-13(19)18(14(12)20)10-5-3-4-9(16)6-10/h3-6,11-12H,2,7-8,17H2,1H3/p+1. The van der Waals surface area contributed by atoms with E-state index in [-0.39, 0.29) is 18.2 Å². The number of nitrogens with zero attached hydrogens (tertiary/aromatic N) is 1. The molecule has 1 aliphatic heterocycles. The van der Waals surface area contributed by atoms with Crippen LogP contribution in [0.25, 0.3) is 0 Å². The molecule has 1 fully saturated rings. The van der Waals surface area contributed by atoms with Gasteiger partial charge in [0.15, 0.2) is 6.04 Å². The zero-order valence-corrected chi connectivity index (χ0v) is 14.2. The van der Waals surface area contributed by atoms with E-state index in [4.69, 9.17) is 16.3 Å². The summed E-state index contributed by atoms with van der Waals surface area (Å²) in [6.07, 6.45) is 0.103. The SMILES string of the molecule is CCOC(=O)C([NH3+])CSC1CC(=O)N(c2cccc(Cl)c2)C1=O. The number of imide groups is 1. The second kappa shape index (κ2) is 7.81. The molecule has 8 heteroatoms. The smallest absolute Gasteiger partial charge is 0.365 e. The first-order valence-corrected chi connectivity index (χ1v) is 8.60. The lowest BCUT2D eigenvalue weighted by molar-refractivity contribution is -0.401. The highest BCUT2D eigenvalue weighted by Gasteiger charge is 2.40. The Labute approximate surface area is 143 Å². The van der Waals surface area contributed by atoms with Crippen molar-refractivity contribution >= 4 is 46.8 Å². The van der Waals surface area contributed by atoms with Crippen molar-refractivity contribution in [3.05, 3.63) is 29.3 Å². The molecule has 1 aromatic carbocycles. The zero-order chi connectivity index (χ0) is 17.0. The fourth-order valence-electron chi connectivity index (χ4n) is 2.18. The Morgan fingerprint density at radius 1 is 1.52 bits per heavy atom. The van der Waals surface area contributed by atoms with E-state index in [1.54, 1.807) is 31.2 Å². The van der Waals surface area contributed by atoms with Crippen molar-refractivity contribution in [3.63, 3.8) is 0 Å². The predicted molar refractivity (Wildman–Crippen MR) is 88.1 cm³/mol. The molecule has 23 heavy (non-hydrogen) atoms. The third-order valence-electron chi connectivity index (χ3n) is 3.29. The number of halogens is 1. The van der Waals surface area contributed by atoms with E-state index in [1.807, 2.05) is 0 Å². The molecule has 2 atom stereocenters. The van der Waals surface area contributed by atoms with Gasteiger partial charge < -0.3 is 10.5 Å². The summed E-state index contributed by atoms with van der Waals surface area (Å²) >= 11 is 7.16. The largest absolute Gasteiger partial charge is 0.462 e. The Morgan fingerprint density at radius 2 is 2.26 bits per heavy atom. The lowest BCUT2D eigenvalue weighted by atomic mass is 10.3. The van der Waals surface area contributed by atoms with Crippen molar-refractivity contribution in [3.8, 4) is 0 Å². The summed E-state index contributed by atoms with van der Waals surface area (Å²) in [5.74, 6) is -0.639. The first-order chi connectivity index (χ1) is 10.9. The van der Waals surface area contributed by atoms with Crippen molar-refractivity contribution in [2.45, 2.75) is 24.6 Å². The average Bonchev–Trinajstić information content (AvgIpc) is 2.79. The minimum absolute atomic E-state index is 0.103. The van der Waals surface area contributed by atoms with Gasteiger partial charge in [-0.3, -0.25) is 9.59 Å². The lowest BCUT2D eigenvalue weighted by Crippen LogP contribution is -2.66. The van der Waals surface area contributed by atoms with Gasteiger partial charge in [-0.2, -0.15) is 0 Å². The number of anilines is 1. The molecule has 0 aromatic heterocycles. The van der Waals surface area contributed by atoms with E-state index >= 15 is 0 Å². The third kappa shape index (κ3) is 4.25. The summed E-state index contributed by atoms with van der Waals surface area (Å²) in [5.41, 5.74) is 4.19. The van der Waals surface area contributed by atoms with Crippen molar-refractivity contribution in [2.24, 2.45) is 0 Å². The van der Waals surface area contributed by atoms with E-state index < -0.39 is 17.3 Å². The number of thioether (sulfide) groups is 1. The molecule has 2 amide bonds. The average molecular weight is 358 g/mol. The van der Waals surface area contributed by atoms with Crippen molar-refractivity contribution in [1.29, 1.82) is 0 Å². The van der Waals surface area contributed by atoms with Crippen LogP contribution < -0.4 is 10.6 Å². The van der Waals surface area contributed by atoms with Crippen LogP contribution in [0.2, 0.25) is 5.02 Å². The van der Waals surface area contributed by atoms with E-state index in [9.17, 15) is 14.4 Å². The van der Waals surface area contributed by atoms with Gasteiger partial charge in [-0.05, 0) is 25.1 Å². The fourth-order valence-corrected chi connectivity index (χ4v) is 3.47. The Kier molecular flexibility index (Phi) is 6.04. The second-order valence-corrected chi connectivity index (χ2v) is 6.69. The third-order valence-corrected chi connectivity index (χ3v) is 4.89. The molecule has 0 saturated carbocycles. The molecule has 124 valence electrons. The number of amides is 2. The maximum atomic E-state index is 12.4. The van der Waals surface area contributed by atoms with Gasteiger partial charge in [0, 0.05) is 11.4 Å². The number of ether oxygens (including phenoxy) is 1. The highest BCUT2D eigenvalue weighted by molar-refractivity contribution is 8.00. The van der Waals surface area contributed by atoms with Gasteiger partial charge in [0.05, 0.1) is 23.3 Å². The molecule has 0 aliphatic carbocycles. The molecule has 1 aromatic rings. The fraction of sp³-hybridized carbons (Fsp3) is 0.400. The number of carbonyl (C=O) groups excluding carboxylic acids is 3. The number of hydrogen-bond acceptors (Lipinski definition) is 5. The van der Waals surface area contributed by atoms with Crippen LogP contribution in [-0.2, 0) is 19.1 Å². The highest BCUT2D eigenvalue weighted by Crippen LogP contribution is 2.30. The summed E-state index contributed by atoms with van der Waals surface area (Å²) in [6.45, 7) is 2.01. The minimum Gasteiger partial charge on any atom is -0.462 e. The number of carbonyl (C=O) groups is 3. The Hall–Kier alpha value is -1.57. The van der Waals surface area contributed by atoms with E-state index in [2.05, 4.69) is 5.73 Å². The lowest BCUT2D eigenvalue weighted by Gasteiger charge is -2.15. The molecule has 2 rings (SSSR count). The van der Waals surface area contributed by atoms with E-state index in [0.29, 0.717) is 23.1 Å². The highest BCUT2D eigenvalue weighted by atomic mass is 35.5. The van der Waals surface area contributed by atoms with Gasteiger partial charge in [0.1, 0.15) is 0 Å². The maximum Gasteiger partial charge on any atom is 0.365 e. The molecular weight excluding hydrogens is 340 g/mol. The van der Waals surface area contributed by atoms with Gasteiger partial charge in [-0.1, -0.05) is 17.7 Å². The molecule has 0 radical (unpaired) electrons. The van der Waals surface area contributed by atoms with Crippen LogP contribution in [-0.4, -0.2) is 41.4 Å². The summed E-state index contributed by atoms with van der Waals surface area (Å²) in [6, 6.07) is 6.04. The number of quaternary nitrogens is 1. The first-order valence-electron chi connectivity index (χ1n) is 7.17. The Bertz CT molecular complexity index is 625. The summed E-state index contributed by atoms with van der Waals surface area (Å²) < 4.78 is 4.88. The van der Waals surface area contributed by atoms with Gasteiger partial charge >= 0.3 is 5.97 Å². The van der Waals surface area contributed by atoms with Gasteiger partial charge in [-0.25, -0.2) is 9.69 Å². The number of benzene rings is 1. The number of rotatable bonds is 6. The number of hydrogen-bond donors (Lipinski definition) is 1. The molecular formula is C15H18ClN2O4S+. The predicted octanol–water partition coefficient (Wildman–Crippen LogP) is 0.879. The zero-order valence-electron chi connectivity index (χ0n) is 12.7. The monoisotopic (exact) mass is 357 g/mol. The summed E-state index contributed by atoms with van der Waals surface area (Å²) in [7, 11) is 0. The van der Waals surface area contributed by atoms with Gasteiger partial charge in [-0.15, -0.1) is 11.8 Å². The first kappa shape index (κ1) is 17.8. The quantitative estimate of drug-likeness (QED) is 0.602. The van der Waals surface area contributed by atoms with Crippen LogP contribution in [0.5, 0.6) is 0 Å². The van der Waals surface area contributed by atoms with Crippen LogP contribution >= 0.6 is 23.4 Å². The van der Waals surface area contributed by atoms with E-state index in [0.717, 1.165) is 4.90 Å². The molecule has 2 unspecified atom stereocenters. The van der Waals surface area contributed by atoms with Crippen LogP contribution in [0.15, 0.2) is 24.3 Å². The molecule has 3 N–H and O–H groups in total. The van der Waals surface area contributed by atoms with Crippen molar-refractivity contribution in [1.82, 2.24) is 0 Å². The van der Waals surface area contributed by atoms with Crippen LogP contribution in [0.4, 0.5) is 5.69 Å². The molecule has 0 bridgehead atoms.